The number of hydrogen-bond donors (Lipinski definition) is 4. The summed E-state index contributed by atoms with van der Waals surface area (Å²) in [5, 5.41) is 18.9. The monoisotopic (exact) mass is 728 g/mol. The lowest BCUT2D eigenvalue weighted by Gasteiger charge is -2.27. The van der Waals surface area contributed by atoms with Crippen LogP contribution in [0.2, 0.25) is 0 Å². The molecular weight excluding hydrogens is 681 g/mol. The van der Waals surface area contributed by atoms with Crippen molar-refractivity contribution < 1.29 is 23.9 Å². The first-order valence-corrected chi connectivity index (χ1v) is 18.5. The topological polar surface area (TPSA) is 169 Å². The molecule has 0 unspecified atom stereocenters. The largest absolute Gasteiger partial charge is 0.491 e. The average Bonchev–Trinajstić information content (AvgIpc) is 3.69. The van der Waals surface area contributed by atoms with Gasteiger partial charge in [0.2, 0.25) is 17.7 Å². The number of hydrogen-bond acceptors (Lipinski definition) is 9. The third-order valence-electron chi connectivity index (χ3n) is 8.67. The summed E-state index contributed by atoms with van der Waals surface area (Å²) in [5.74, 6) is -0.104. The maximum absolute atomic E-state index is 14.3. The Bertz CT molecular complexity index is 1840. The first-order chi connectivity index (χ1) is 24.8. The van der Waals surface area contributed by atoms with Crippen LogP contribution in [0, 0.1) is 25.7 Å². The van der Waals surface area contributed by atoms with Crippen molar-refractivity contribution in [2.45, 2.75) is 91.5 Å². The minimum absolute atomic E-state index is 0.109. The van der Waals surface area contributed by atoms with E-state index in [1.54, 1.807) is 31.4 Å². The molecular formula is C38H48N8O5S. The number of rotatable bonds is 7. The summed E-state index contributed by atoms with van der Waals surface area (Å²) < 4.78 is 7.65. The molecule has 13 nitrogen and oxygen atoms in total. The van der Waals surface area contributed by atoms with Gasteiger partial charge in [-0.2, -0.15) is 5.10 Å². The van der Waals surface area contributed by atoms with E-state index in [9.17, 15) is 19.2 Å². The number of nitrogens with one attached hydrogen (secondary N) is 4. The number of amides is 4. The molecule has 0 spiro atoms. The van der Waals surface area contributed by atoms with Crippen LogP contribution in [-0.4, -0.2) is 68.1 Å². The molecule has 4 heterocycles. The van der Waals surface area contributed by atoms with Gasteiger partial charge in [0, 0.05) is 18.2 Å². The van der Waals surface area contributed by atoms with Gasteiger partial charge in [0.1, 0.15) is 42.5 Å². The summed E-state index contributed by atoms with van der Waals surface area (Å²) in [7, 11) is 0. The minimum Gasteiger partial charge on any atom is -0.491 e. The van der Waals surface area contributed by atoms with Crippen molar-refractivity contribution in [2.24, 2.45) is 11.8 Å². The molecule has 4 amide bonds. The van der Waals surface area contributed by atoms with Gasteiger partial charge in [-0.25, -0.2) is 14.6 Å². The standard InChI is InChI=1S/C38H48N8O5S/c1-22(2)16-28-20-51-29-14-12-27(13-15-29)18-30(43-38(50)32-21-52-25(6)40-32)36(48)42-31(17-26-10-8-7-9-11-26)37(49)44-34(23(3)4)35-39-24(5)45-46(35)19-33(47)41-28/h7-15,21-23,28,30-31,34H,16-20H2,1-6H3,(H,41,47)(H,42,48)(H,43,50)(H,44,49)/t28-,30-,31-,34-/m0/s1. The molecule has 2 aromatic heterocycles. The molecule has 4 aromatic rings. The second kappa shape index (κ2) is 17.4. The van der Waals surface area contributed by atoms with E-state index in [-0.39, 0.29) is 49.6 Å². The smallest absolute Gasteiger partial charge is 0.271 e. The Labute approximate surface area is 308 Å². The molecule has 0 saturated heterocycles. The molecule has 4 N–H and O–H groups in total. The highest BCUT2D eigenvalue weighted by molar-refractivity contribution is 7.09. The highest BCUT2D eigenvalue weighted by Gasteiger charge is 2.32. The number of ether oxygens (including phenoxy) is 1. The van der Waals surface area contributed by atoms with Gasteiger partial charge in [-0.05, 0) is 55.4 Å². The van der Waals surface area contributed by atoms with E-state index in [1.165, 1.54) is 16.0 Å². The molecule has 4 atom stereocenters. The van der Waals surface area contributed by atoms with E-state index < -0.39 is 35.8 Å². The normalized spacial score (nSPS) is 20.4. The second-order valence-corrected chi connectivity index (χ2v) is 15.0. The first kappa shape index (κ1) is 38.1. The Kier molecular flexibility index (Phi) is 12.8. The van der Waals surface area contributed by atoms with E-state index >= 15 is 0 Å². The van der Waals surface area contributed by atoms with Gasteiger partial charge in [0.15, 0.2) is 5.82 Å². The van der Waals surface area contributed by atoms with Crippen molar-refractivity contribution >= 4 is 35.0 Å². The van der Waals surface area contributed by atoms with Crippen molar-refractivity contribution in [3.8, 4) is 5.75 Å². The van der Waals surface area contributed by atoms with E-state index in [0.717, 1.165) is 16.1 Å². The predicted molar refractivity (Wildman–Crippen MR) is 198 cm³/mol. The lowest BCUT2D eigenvalue weighted by molar-refractivity contribution is -0.130. The van der Waals surface area contributed by atoms with Gasteiger partial charge in [-0.15, -0.1) is 11.3 Å². The SMILES string of the molecule is Cc1nc2n(n1)CC(=O)N[C@@H](CC(C)C)COc1ccc(cc1)C[C@H](NC(=O)c1csc(C)n1)C(=O)N[C@@H](Cc1ccccc1)C(=O)N[C@H]2C(C)C. The minimum atomic E-state index is -1.03. The third kappa shape index (κ3) is 10.5. The molecule has 0 aliphatic carbocycles. The van der Waals surface area contributed by atoms with Gasteiger partial charge in [-0.1, -0.05) is 70.2 Å². The molecule has 52 heavy (non-hydrogen) atoms. The van der Waals surface area contributed by atoms with Crippen molar-refractivity contribution in [2.75, 3.05) is 6.61 Å². The Hall–Kier alpha value is -5.11. The van der Waals surface area contributed by atoms with Crippen LogP contribution < -0.4 is 26.0 Å². The Morgan fingerprint density at radius 1 is 0.962 bits per heavy atom. The predicted octanol–water partition coefficient (Wildman–Crippen LogP) is 3.86. The van der Waals surface area contributed by atoms with Crippen LogP contribution in [0.4, 0.5) is 0 Å². The number of carbonyl (C=O) groups excluding carboxylic acids is 4. The van der Waals surface area contributed by atoms with Gasteiger partial charge in [-0.3, -0.25) is 19.2 Å². The molecule has 2 aromatic carbocycles. The molecule has 14 heteroatoms. The molecule has 2 aliphatic heterocycles. The summed E-state index contributed by atoms with van der Waals surface area (Å²) in [4.78, 5) is 64.2. The summed E-state index contributed by atoms with van der Waals surface area (Å²) in [6.07, 6.45) is 1.02. The molecule has 0 radical (unpaired) electrons. The molecule has 2 aliphatic rings. The number of carbonyl (C=O) groups is 4. The third-order valence-corrected chi connectivity index (χ3v) is 9.44. The van der Waals surface area contributed by atoms with Crippen molar-refractivity contribution in [1.82, 2.24) is 41.0 Å². The zero-order valence-electron chi connectivity index (χ0n) is 30.5. The summed E-state index contributed by atoms with van der Waals surface area (Å²) in [5.41, 5.74) is 1.81. The number of benzene rings is 2. The molecule has 276 valence electrons. The maximum Gasteiger partial charge on any atom is 0.271 e. The number of aryl methyl sites for hydroxylation is 2. The number of nitrogens with zero attached hydrogens (tertiary/aromatic N) is 4. The summed E-state index contributed by atoms with van der Waals surface area (Å²) in [6, 6.07) is 13.7. The summed E-state index contributed by atoms with van der Waals surface area (Å²) in [6.45, 7) is 11.7. The molecule has 6 rings (SSSR count). The van der Waals surface area contributed by atoms with Crippen LogP contribution in [-0.2, 0) is 33.8 Å². The Morgan fingerprint density at radius 2 is 1.69 bits per heavy atom. The van der Waals surface area contributed by atoms with Gasteiger partial charge < -0.3 is 26.0 Å². The fourth-order valence-corrected chi connectivity index (χ4v) is 6.74. The lowest BCUT2D eigenvalue weighted by Crippen LogP contribution is -2.55. The molecule has 2 bridgehead atoms. The lowest BCUT2D eigenvalue weighted by atomic mass is 10.00. The molecule has 0 saturated carbocycles. The molecule has 0 fully saturated rings. The first-order valence-electron chi connectivity index (χ1n) is 17.6. The van der Waals surface area contributed by atoms with Crippen molar-refractivity contribution in [3.63, 3.8) is 0 Å². The quantitative estimate of drug-likeness (QED) is 0.223. The van der Waals surface area contributed by atoms with E-state index in [0.29, 0.717) is 29.7 Å². The van der Waals surface area contributed by atoms with Crippen molar-refractivity contribution in [1.29, 1.82) is 0 Å². The van der Waals surface area contributed by atoms with Gasteiger partial charge in [0.05, 0.1) is 17.1 Å². The fourth-order valence-electron chi connectivity index (χ4n) is 6.14. The van der Waals surface area contributed by atoms with Gasteiger partial charge in [0.25, 0.3) is 5.91 Å². The summed E-state index contributed by atoms with van der Waals surface area (Å²) >= 11 is 1.34. The van der Waals surface area contributed by atoms with E-state index in [1.807, 2.05) is 56.3 Å². The van der Waals surface area contributed by atoms with Crippen molar-refractivity contribution in [3.05, 3.63) is 93.5 Å². The van der Waals surface area contributed by atoms with Crippen LogP contribution >= 0.6 is 11.3 Å². The van der Waals surface area contributed by atoms with Crippen LogP contribution in [0.1, 0.15) is 78.4 Å². The average molecular weight is 729 g/mol. The van der Waals surface area contributed by atoms with E-state index in [4.69, 9.17) is 4.74 Å². The zero-order chi connectivity index (χ0) is 37.4. The number of thiazole rings is 1. The number of aromatic nitrogens is 4. The Balaban J connectivity index is 1.53. The Morgan fingerprint density at radius 3 is 2.35 bits per heavy atom. The van der Waals surface area contributed by atoms with Crippen LogP contribution in [0.15, 0.2) is 60.0 Å². The van der Waals surface area contributed by atoms with Gasteiger partial charge >= 0.3 is 0 Å². The van der Waals surface area contributed by atoms with Crippen LogP contribution in [0.3, 0.4) is 0 Å². The highest BCUT2D eigenvalue weighted by atomic mass is 32.1. The van der Waals surface area contributed by atoms with Crippen LogP contribution in [0.5, 0.6) is 5.75 Å². The zero-order valence-corrected chi connectivity index (χ0v) is 31.3. The second-order valence-electron chi connectivity index (χ2n) is 14.0. The highest BCUT2D eigenvalue weighted by Crippen LogP contribution is 2.22. The fraction of sp³-hybridized carbons (Fsp3) is 0.447. The number of fused-ring (bicyclic) bond motifs is 14. The van der Waals surface area contributed by atoms with Crippen LogP contribution in [0.25, 0.3) is 0 Å². The maximum atomic E-state index is 14.3. The van der Waals surface area contributed by atoms with E-state index in [2.05, 4.69) is 50.2 Å².